The second kappa shape index (κ2) is 6.60. The molecular weight excluding hydrogens is 331 g/mol. The van der Waals surface area contributed by atoms with Crippen LogP contribution in [0.25, 0.3) is 0 Å². The maximum atomic E-state index is 12.2. The molecule has 0 fully saturated rings. The Morgan fingerprint density at radius 1 is 1.43 bits per heavy atom. The number of carbonyl (C=O) groups is 1. The molecule has 0 spiro atoms. The van der Waals surface area contributed by atoms with Crippen molar-refractivity contribution < 1.29 is 4.79 Å². The number of rotatable bonds is 4. The Morgan fingerprint density at radius 2 is 2.05 bits per heavy atom. The highest BCUT2D eigenvalue weighted by atomic mass is 35.5. The highest BCUT2D eigenvalue weighted by Gasteiger charge is 2.19. The van der Waals surface area contributed by atoms with Gasteiger partial charge in [0, 0.05) is 25.1 Å². The van der Waals surface area contributed by atoms with Crippen LogP contribution in [0.2, 0.25) is 10.0 Å². The van der Waals surface area contributed by atoms with Crippen LogP contribution in [0.1, 0.15) is 6.92 Å². The van der Waals surface area contributed by atoms with Crippen molar-refractivity contribution in [2.45, 2.75) is 17.3 Å². The molecule has 5 nitrogen and oxygen atoms in total. The first-order valence-corrected chi connectivity index (χ1v) is 7.71. The number of anilines is 2. The summed E-state index contributed by atoms with van der Waals surface area (Å²) in [7, 11) is 1.87. The Hall–Kier alpha value is -1.37. The molecule has 0 saturated heterocycles. The molecule has 0 aliphatic rings. The van der Waals surface area contributed by atoms with Gasteiger partial charge in [0.25, 0.3) is 0 Å². The monoisotopic (exact) mass is 344 g/mol. The van der Waals surface area contributed by atoms with E-state index in [2.05, 4.69) is 10.3 Å². The molecule has 1 heterocycles. The summed E-state index contributed by atoms with van der Waals surface area (Å²) in [5.41, 5.74) is 6.44. The molecule has 0 radical (unpaired) electrons. The molecule has 0 aliphatic carbocycles. The Bertz CT molecular complexity index is 651. The van der Waals surface area contributed by atoms with Gasteiger partial charge in [-0.05, 0) is 19.1 Å². The first-order chi connectivity index (χ1) is 9.88. The number of thioether (sulfide) groups is 1. The number of aryl methyl sites for hydroxylation is 1. The Morgan fingerprint density at radius 3 is 2.57 bits per heavy atom. The van der Waals surface area contributed by atoms with Crippen LogP contribution in [0.5, 0.6) is 0 Å². The molecule has 0 aliphatic heterocycles. The number of carbonyl (C=O) groups excluding carboxylic acids is 1. The Kier molecular flexibility index (Phi) is 5.03. The van der Waals surface area contributed by atoms with Gasteiger partial charge in [-0.25, -0.2) is 4.98 Å². The lowest BCUT2D eigenvalue weighted by molar-refractivity contribution is -0.115. The van der Waals surface area contributed by atoms with Crippen molar-refractivity contribution in [3.63, 3.8) is 0 Å². The fourth-order valence-corrected chi connectivity index (χ4v) is 3.04. The fraction of sp³-hybridized carbons (Fsp3) is 0.231. The van der Waals surface area contributed by atoms with Crippen LogP contribution >= 0.6 is 35.0 Å². The van der Waals surface area contributed by atoms with Gasteiger partial charge in [0.1, 0.15) is 0 Å². The third-order valence-corrected chi connectivity index (χ3v) is 4.51. The van der Waals surface area contributed by atoms with E-state index < -0.39 is 0 Å². The summed E-state index contributed by atoms with van der Waals surface area (Å²) >= 11 is 13.4. The van der Waals surface area contributed by atoms with E-state index in [0.29, 0.717) is 21.4 Å². The molecule has 0 saturated carbocycles. The van der Waals surface area contributed by atoms with Crippen molar-refractivity contribution in [3.05, 3.63) is 34.6 Å². The van der Waals surface area contributed by atoms with E-state index in [1.165, 1.54) is 11.8 Å². The number of nitrogens with one attached hydrogen (secondary N) is 1. The van der Waals surface area contributed by atoms with Gasteiger partial charge in [0.2, 0.25) is 5.91 Å². The number of nitrogens with zero attached hydrogens (tertiary/aromatic N) is 2. The fourth-order valence-electron chi connectivity index (χ4n) is 1.61. The number of nitrogen functional groups attached to an aromatic ring is 1. The smallest absolute Gasteiger partial charge is 0.237 e. The van der Waals surface area contributed by atoms with Gasteiger partial charge in [-0.1, -0.05) is 35.0 Å². The minimum atomic E-state index is -0.351. The second-order valence-electron chi connectivity index (χ2n) is 4.43. The number of hydrogen-bond acceptors (Lipinski definition) is 4. The Balaban J connectivity index is 2.09. The third-order valence-electron chi connectivity index (χ3n) is 2.74. The average Bonchev–Trinajstić information content (AvgIpc) is 2.79. The highest BCUT2D eigenvalue weighted by Crippen LogP contribution is 2.33. The molecule has 1 aromatic heterocycles. The van der Waals surface area contributed by atoms with Gasteiger partial charge < -0.3 is 15.6 Å². The van der Waals surface area contributed by atoms with Gasteiger partial charge in [-0.3, -0.25) is 4.79 Å². The molecule has 2 aromatic rings. The minimum Gasteiger partial charge on any atom is -0.399 e. The molecule has 8 heteroatoms. The number of nitrogens with two attached hydrogens (primary N) is 1. The van der Waals surface area contributed by atoms with Crippen LogP contribution < -0.4 is 11.1 Å². The molecule has 1 atom stereocenters. The highest BCUT2D eigenvalue weighted by molar-refractivity contribution is 8.00. The Labute approximate surface area is 136 Å². The molecule has 112 valence electrons. The summed E-state index contributed by atoms with van der Waals surface area (Å²) in [6, 6.07) is 3.08. The van der Waals surface area contributed by atoms with Gasteiger partial charge in [0.05, 0.1) is 21.0 Å². The predicted molar refractivity (Wildman–Crippen MR) is 88.0 cm³/mol. The standard InChI is InChI=1S/C13H14Cl2N4OS/c1-7(21-13-17-3-4-19(13)2)12(20)18-11-9(14)5-8(16)6-10(11)15/h3-7H,16H2,1-2H3,(H,18,20). The van der Waals surface area contributed by atoms with E-state index in [4.69, 9.17) is 28.9 Å². The van der Waals surface area contributed by atoms with Crippen molar-refractivity contribution in [2.75, 3.05) is 11.1 Å². The van der Waals surface area contributed by atoms with E-state index in [1.54, 1.807) is 25.3 Å². The number of benzene rings is 1. The SMILES string of the molecule is CC(Sc1nccn1C)C(=O)Nc1c(Cl)cc(N)cc1Cl. The summed E-state index contributed by atoms with van der Waals surface area (Å²) in [5, 5.41) is 3.74. The number of aromatic nitrogens is 2. The maximum absolute atomic E-state index is 12.2. The third kappa shape index (κ3) is 3.84. The molecule has 0 bridgehead atoms. The summed E-state index contributed by atoms with van der Waals surface area (Å²) in [6.07, 6.45) is 3.50. The lowest BCUT2D eigenvalue weighted by atomic mass is 10.2. The van der Waals surface area contributed by atoms with E-state index in [-0.39, 0.29) is 11.2 Å². The van der Waals surface area contributed by atoms with Crippen LogP contribution in [0.4, 0.5) is 11.4 Å². The molecule has 3 N–H and O–H groups in total. The average molecular weight is 345 g/mol. The van der Waals surface area contributed by atoms with Crippen molar-refractivity contribution >= 4 is 52.2 Å². The van der Waals surface area contributed by atoms with Crippen LogP contribution in [-0.2, 0) is 11.8 Å². The van der Waals surface area contributed by atoms with Gasteiger partial charge in [0.15, 0.2) is 5.16 Å². The van der Waals surface area contributed by atoms with E-state index >= 15 is 0 Å². The summed E-state index contributed by atoms with van der Waals surface area (Å²) < 4.78 is 1.84. The number of halogens is 2. The number of hydrogen-bond donors (Lipinski definition) is 2. The zero-order valence-corrected chi connectivity index (χ0v) is 13.8. The zero-order chi connectivity index (χ0) is 15.6. The molecule has 1 amide bonds. The van der Waals surface area contributed by atoms with Crippen molar-refractivity contribution in [2.24, 2.45) is 7.05 Å². The van der Waals surface area contributed by atoms with Crippen molar-refractivity contribution in [3.8, 4) is 0 Å². The van der Waals surface area contributed by atoms with E-state index in [9.17, 15) is 4.79 Å². The largest absolute Gasteiger partial charge is 0.399 e. The molecule has 2 rings (SSSR count). The lowest BCUT2D eigenvalue weighted by Gasteiger charge is -2.14. The molecule has 21 heavy (non-hydrogen) atoms. The van der Waals surface area contributed by atoms with Crippen LogP contribution in [0.15, 0.2) is 29.7 Å². The van der Waals surface area contributed by atoms with Gasteiger partial charge >= 0.3 is 0 Å². The maximum Gasteiger partial charge on any atom is 0.237 e. The summed E-state index contributed by atoms with van der Waals surface area (Å²) in [6.45, 7) is 1.79. The van der Waals surface area contributed by atoms with Crippen LogP contribution in [0.3, 0.4) is 0 Å². The van der Waals surface area contributed by atoms with E-state index in [0.717, 1.165) is 5.16 Å². The quantitative estimate of drug-likeness (QED) is 0.658. The number of amides is 1. The van der Waals surface area contributed by atoms with Crippen molar-refractivity contribution in [1.82, 2.24) is 9.55 Å². The minimum absolute atomic E-state index is 0.212. The topological polar surface area (TPSA) is 72.9 Å². The lowest BCUT2D eigenvalue weighted by Crippen LogP contribution is -2.23. The van der Waals surface area contributed by atoms with Crippen LogP contribution in [-0.4, -0.2) is 20.7 Å². The molecule has 1 aromatic carbocycles. The van der Waals surface area contributed by atoms with Crippen molar-refractivity contribution in [1.29, 1.82) is 0 Å². The summed E-state index contributed by atoms with van der Waals surface area (Å²) in [5.74, 6) is -0.212. The van der Waals surface area contributed by atoms with Gasteiger partial charge in [-0.2, -0.15) is 0 Å². The normalized spacial score (nSPS) is 12.2. The summed E-state index contributed by atoms with van der Waals surface area (Å²) in [4.78, 5) is 16.4. The van der Waals surface area contributed by atoms with E-state index in [1.807, 2.05) is 17.8 Å². The van der Waals surface area contributed by atoms with Crippen LogP contribution in [0, 0.1) is 0 Å². The molecule has 1 unspecified atom stereocenters. The zero-order valence-electron chi connectivity index (χ0n) is 11.4. The second-order valence-corrected chi connectivity index (χ2v) is 6.55. The van der Waals surface area contributed by atoms with Gasteiger partial charge in [-0.15, -0.1) is 0 Å². The number of imidazole rings is 1. The predicted octanol–water partition coefficient (Wildman–Crippen LogP) is 3.43. The first-order valence-electron chi connectivity index (χ1n) is 6.08. The first kappa shape index (κ1) is 16.0. The molecular formula is C13H14Cl2N4OS.